The number of nitrogens with two attached hydrogens (primary N) is 1. The van der Waals surface area contributed by atoms with Crippen molar-refractivity contribution in [3.05, 3.63) is 30.2 Å². The molecule has 0 unspecified atom stereocenters. The summed E-state index contributed by atoms with van der Waals surface area (Å²) in [4.78, 5) is 15.8. The standard InChI is InChI=1S/C11H11N7O/c12-6-2-4-9-3-1-5-10(14-9)15-11(19)7-18-8-13-16-17-18/h1,3,5,8H,6-7,12H2,(H,14,15,19). The van der Waals surface area contributed by atoms with E-state index in [1.807, 2.05) is 0 Å². The summed E-state index contributed by atoms with van der Waals surface area (Å²) in [6, 6.07) is 5.16. The van der Waals surface area contributed by atoms with Crippen LogP contribution in [0.1, 0.15) is 5.69 Å². The number of nitrogens with zero attached hydrogens (tertiary/aromatic N) is 5. The molecule has 0 radical (unpaired) electrons. The van der Waals surface area contributed by atoms with Gasteiger partial charge in [-0.05, 0) is 28.5 Å². The Morgan fingerprint density at radius 2 is 2.37 bits per heavy atom. The van der Waals surface area contributed by atoms with Crippen molar-refractivity contribution in [2.24, 2.45) is 5.73 Å². The average Bonchev–Trinajstić information content (AvgIpc) is 2.89. The van der Waals surface area contributed by atoms with Gasteiger partial charge in [0.15, 0.2) is 0 Å². The molecule has 2 aromatic rings. The molecular weight excluding hydrogens is 246 g/mol. The van der Waals surface area contributed by atoms with Crippen LogP contribution >= 0.6 is 0 Å². The van der Waals surface area contributed by atoms with Crippen LogP contribution in [0.25, 0.3) is 0 Å². The largest absolute Gasteiger partial charge is 0.320 e. The topological polar surface area (TPSA) is 112 Å². The normalized spacial score (nSPS) is 9.53. The molecule has 0 aliphatic rings. The van der Waals surface area contributed by atoms with Crippen LogP contribution in [0.5, 0.6) is 0 Å². The average molecular weight is 257 g/mol. The molecule has 2 rings (SSSR count). The van der Waals surface area contributed by atoms with Crippen molar-refractivity contribution in [2.75, 3.05) is 11.9 Å². The number of carbonyl (C=O) groups is 1. The Hall–Kier alpha value is -2.79. The first-order chi connectivity index (χ1) is 9.28. The molecule has 0 fully saturated rings. The zero-order valence-electron chi connectivity index (χ0n) is 9.95. The molecule has 0 bridgehead atoms. The monoisotopic (exact) mass is 257 g/mol. The Balaban J connectivity index is 2.00. The third-order valence-corrected chi connectivity index (χ3v) is 2.03. The summed E-state index contributed by atoms with van der Waals surface area (Å²) < 4.78 is 1.31. The molecule has 0 saturated carbocycles. The number of aromatic nitrogens is 5. The lowest BCUT2D eigenvalue weighted by Crippen LogP contribution is -2.19. The summed E-state index contributed by atoms with van der Waals surface area (Å²) in [7, 11) is 0. The van der Waals surface area contributed by atoms with Crippen molar-refractivity contribution in [1.29, 1.82) is 0 Å². The zero-order valence-corrected chi connectivity index (χ0v) is 9.95. The van der Waals surface area contributed by atoms with E-state index in [0.29, 0.717) is 11.5 Å². The number of carbonyl (C=O) groups excluding carboxylic acids is 1. The second-order valence-electron chi connectivity index (χ2n) is 3.47. The van der Waals surface area contributed by atoms with Crippen molar-refractivity contribution in [2.45, 2.75) is 6.54 Å². The first-order valence-electron chi connectivity index (χ1n) is 5.44. The van der Waals surface area contributed by atoms with Crippen molar-refractivity contribution in [3.8, 4) is 11.8 Å². The third-order valence-electron chi connectivity index (χ3n) is 2.03. The molecule has 0 saturated heterocycles. The van der Waals surface area contributed by atoms with Crippen LogP contribution in [0.15, 0.2) is 24.5 Å². The van der Waals surface area contributed by atoms with Gasteiger partial charge in [0, 0.05) is 0 Å². The van der Waals surface area contributed by atoms with Crippen molar-refractivity contribution >= 4 is 11.7 Å². The first kappa shape index (κ1) is 12.7. The molecule has 3 N–H and O–H groups in total. The maximum absolute atomic E-state index is 11.7. The molecule has 96 valence electrons. The van der Waals surface area contributed by atoms with Crippen molar-refractivity contribution in [1.82, 2.24) is 25.2 Å². The molecule has 0 atom stereocenters. The number of pyridine rings is 1. The molecule has 8 heteroatoms. The van der Waals surface area contributed by atoms with Gasteiger partial charge in [-0.3, -0.25) is 4.79 Å². The number of anilines is 1. The molecule has 19 heavy (non-hydrogen) atoms. The second-order valence-corrected chi connectivity index (χ2v) is 3.47. The van der Waals surface area contributed by atoms with Gasteiger partial charge >= 0.3 is 0 Å². The van der Waals surface area contributed by atoms with E-state index in [-0.39, 0.29) is 19.0 Å². The van der Waals surface area contributed by atoms with E-state index in [2.05, 4.69) is 37.7 Å². The number of hydrogen-bond donors (Lipinski definition) is 2. The summed E-state index contributed by atoms with van der Waals surface area (Å²) in [5, 5.41) is 13.1. The maximum Gasteiger partial charge on any atom is 0.247 e. The number of rotatable bonds is 3. The minimum absolute atomic E-state index is 0.0212. The van der Waals surface area contributed by atoms with E-state index in [9.17, 15) is 4.79 Å². The van der Waals surface area contributed by atoms with E-state index in [0.717, 1.165) is 0 Å². The molecule has 0 aromatic carbocycles. The Kier molecular flexibility index (Phi) is 4.15. The number of amides is 1. The highest BCUT2D eigenvalue weighted by atomic mass is 16.2. The van der Waals surface area contributed by atoms with Gasteiger partial charge in [0.2, 0.25) is 5.91 Å². The molecular formula is C11H11N7O. The van der Waals surface area contributed by atoms with Gasteiger partial charge in [0.1, 0.15) is 24.4 Å². The van der Waals surface area contributed by atoms with E-state index in [1.165, 1.54) is 11.0 Å². The molecule has 0 spiro atoms. The number of tetrazole rings is 1. The fourth-order valence-corrected chi connectivity index (χ4v) is 1.30. The lowest BCUT2D eigenvalue weighted by molar-refractivity contribution is -0.116. The SMILES string of the molecule is NCC#Cc1cccc(NC(=O)Cn2cnnn2)n1. The lowest BCUT2D eigenvalue weighted by Gasteiger charge is -2.03. The van der Waals surface area contributed by atoms with Crippen LogP contribution in [0.2, 0.25) is 0 Å². The highest BCUT2D eigenvalue weighted by Gasteiger charge is 2.05. The Morgan fingerprint density at radius 1 is 1.47 bits per heavy atom. The maximum atomic E-state index is 11.7. The minimum Gasteiger partial charge on any atom is -0.320 e. The predicted molar refractivity (Wildman–Crippen MR) is 66.6 cm³/mol. The smallest absolute Gasteiger partial charge is 0.247 e. The number of nitrogens with one attached hydrogen (secondary N) is 1. The van der Waals surface area contributed by atoms with Crippen molar-refractivity contribution in [3.63, 3.8) is 0 Å². The Labute approximate surface area is 109 Å². The van der Waals surface area contributed by atoms with Gasteiger partial charge in [-0.1, -0.05) is 12.0 Å². The molecule has 0 aliphatic heterocycles. The number of hydrogen-bond acceptors (Lipinski definition) is 6. The quantitative estimate of drug-likeness (QED) is 0.683. The second kappa shape index (κ2) is 6.23. The Bertz CT molecular complexity index is 611. The van der Waals surface area contributed by atoms with E-state index in [1.54, 1.807) is 18.2 Å². The highest BCUT2D eigenvalue weighted by Crippen LogP contribution is 2.04. The first-order valence-corrected chi connectivity index (χ1v) is 5.44. The summed E-state index contributed by atoms with van der Waals surface area (Å²) in [6.45, 7) is 0.283. The van der Waals surface area contributed by atoms with Crippen LogP contribution < -0.4 is 11.1 Å². The molecule has 1 amide bonds. The van der Waals surface area contributed by atoms with E-state index in [4.69, 9.17) is 5.73 Å². The van der Waals surface area contributed by atoms with Crippen LogP contribution in [-0.2, 0) is 11.3 Å². The van der Waals surface area contributed by atoms with Gasteiger partial charge in [0.05, 0.1) is 6.54 Å². The van der Waals surface area contributed by atoms with Crippen molar-refractivity contribution < 1.29 is 4.79 Å². The summed E-state index contributed by atoms with van der Waals surface area (Å²) in [6.07, 6.45) is 1.36. The summed E-state index contributed by atoms with van der Waals surface area (Å²) in [5.74, 6) is 5.63. The van der Waals surface area contributed by atoms with Gasteiger partial charge in [-0.25, -0.2) is 9.67 Å². The van der Waals surface area contributed by atoms with Crippen LogP contribution in [-0.4, -0.2) is 37.6 Å². The zero-order chi connectivity index (χ0) is 13.5. The van der Waals surface area contributed by atoms with Crippen LogP contribution in [0, 0.1) is 11.8 Å². The fourth-order valence-electron chi connectivity index (χ4n) is 1.30. The van der Waals surface area contributed by atoms with Gasteiger partial charge in [-0.15, -0.1) is 5.10 Å². The van der Waals surface area contributed by atoms with Crippen LogP contribution in [0.4, 0.5) is 5.82 Å². The van der Waals surface area contributed by atoms with Crippen LogP contribution in [0.3, 0.4) is 0 Å². The third kappa shape index (κ3) is 3.86. The highest BCUT2D eigenvalue weighted by molar-refractivity contribution is 5.89. The van der Waals surface area contributed by atoms with Gasteiger partial charge in [0.25, 0.3) is 0 Å². The predicted octanol–water partition coefficient (Wildman–Crippen LogP) is -0.983. The minimum atomic E-state index is -0.274. The van der Waals surface area contributed by atoms with E-state index >= 15 is 0 Å². The van der Waals surface area contributed by atoms with Gasteiger partial charge in [-0.2, -0.15) is 0 Å². The molecule has 0 aliphatic carbocycles. The Morgan fingerprint density at radius 3 is 3.11 bits per heavy atom. The lowest BCUT2D eigenvalue weighted by atomic mass is 10.3. The van der Waals surface area contributed by atoms with E-state index < -0.39 is 0 Å². The summed E-state index contributed by atoms with van der Waals surface area (Å²) >= 11 is 0. The summed E-state index contributed by atoms with van der Waals surface area (Å²) in [5.41, 5.74) is 5.83. The van der Waals surface area contributed by atoms with Gasteiger partial charge < -0.3 is 11.1 Å². The molecule has 2 heterocycles. The molecule has 2 aromatic heterocycles. The molecule has 8 nitrogen and oxygen atoms in total. The fraction of sp³-hybridized carbons (Fsp3) is 0.182.